The number of amides is 1. The molecule has 3 aliphatic rings. The van der Waals surface area contributed by atoms with Crippen LogP contribution in [-0.2, 0) is 22.6 Å². The number of rotatable bonds is 8. The van der Waals surface area contributed by atoms with Gasteiger partial charge in [-0.15, -0.1) is 0 Å². The molecular formula is C32H37ClN6O4. The molecule has 2 saturated heterocycles. The molecule has 0 saturated carbocycles. The maximum atomic E-state index is 12.6. The number of carboxylic acids is 1. The van der Waals surface area contributed by atoms with Crippen molar-refractivity contribution in [3.05, 3.63) is 64.8 Å². The Hall–Kier alpha value is -3.89. The zero-order valence-electron chi connectivity index (χ0n) is 24.6. The number of carbonyl (C=O) groups excluding carboxylic acids is 1. The molecule has 43 heavy (non-hydrogen) atoms. The first-order valence-electron chi connectivity index (χ1n) is 14.9. The zero-order chi connectivity index (χ0) is 30.1. The minimum Gasteiger partial charge on any atom is -0.478 e. The molecule has 1 aromatic heterocycles. The summed E-state index contributed by atoms with van der Waals surface area (Å²) < 4.78 is 6.26. The number of likely N-dealkylation sites (N-methyl/N-ethyl adjacent to an activating group) is 2. The third kappa shape index (κ3) is 6.12. The zero-order valence-corrected chi connectivity index (χ0v) is 25.3. The lowest BCUT2D eigenvalue weighted by Gasteiger charge is -2.35. The largest absolute Gasteiger partial charge is 0.478 e. The smallest absolute Gasteiger partial charge is 0.328 e. The fraction of sp³-hybridized carbons (Fsp3) is 0.438. The van der Waals surface area contributed by atoms with Crippen LogP contribution < -0.4 is 14.5 Å². The summed E-state index contributed by atoms with van der Waals surface area (Å²) in [6.07, 6.45) is 5.76. The van der Waals surface area contributed by atoms with Crippen LogP contribution >= 0.6 is 11.6 Å². The molecule has 1 amide bonds. The topological polar surface area (TPSA) is 102 Å². The van der Waals surface area contributed by atoms with E-state index in [1.807, 2.05) is 19.2 Å². The van der Waals surface area contributed by atoms with Gasteiger partial charge >= 0.3 is 12.0 Å². The summed E-state index contributed by atoms with van der Waals surface area (Å²) in [5.74, 6) is -0.599. The highest BCUT2D eigenvalue weighted by Crippen LogP contribution is 2.37. The van der Waals surface area contributed by atoms with Gasteiger partial charge in [0.1, 0.15) is 12.4 Å². The van der Waals surface area contributed by atoms with Gasteiger partial charge in [-0.05, 0) is 56.8 Å². The summed E-state index contributed by atoms with van der Waals surface area (Å²) in [7, 11) is 4.14. The van der Waals surface area contributed by atoms with Gasteiger partial charge in [0.25, 0.3) is 0 Å². The molecule has 2 unspecified atom stereocenters. The third-order valence-corrected chi connectivity index (χ3v) is 9.31. The van der Waals surface area contributed by atoms with Crippen molar-refractivity contribution in [3.8, 4) is 6.01 Å². The molecule has 0 bridgehead atoms. The molecule has 3 aromatic rings. The third-order valence-electron chi connectivity index (χ3n) is 9.00. The molecule has 226 valence electrons. The predicted octanol–water partition coefficient (Wildman–Crippen LogP) is 4.00. The van der Waals surface area contributed by atoms with E-state index in [0.29, 0.717) is 38.3 Å². The van der Waals surface area contributed by atoms with Crippen molar-refractivity contribution < 1.29 is 19.4 Å². The summed E-state index contributed by atoms with van der Waals surface area (Å²) in [6, 6.07) is 13.0. The van der Waals surface area contributed by atoms with Gasteiger partial charge in [0.2, 0.25) is 5.91 Å². The van der Waals surface area contributed by atoms with Gasteiger partial charge in [-0.2, -0.15) is 9.97 Å². The van der Waals surface area contributed by atoms with Crippen molar-refractivity contribution in [2.75, 3.05) is 56.7 Å². The molecular weight excluding hydrogens is 568 g/mol. The number of fused-ring (bicyclic) bond motifs is 2. The van der Waals surface area contributed by atoms with Gasteiger partial charge in [-0.1, -0.05) is 35.9 Å². The molecule has 1 N–H and O–H groups in total. The Morgan fingerprint density at radius 1 is 1.12 bits per heavy atom. The highest BCUT2D eigenvalue weighted by atomic mass is 35.5. The number of halogens is 1. The number of nitrogens with zero attached hydrogens (tertiary/aromatic N) is 6. The Bertz CT molecular complexity index is 1560. The normalized spacial score (nSPS) is 20.6. The average molecular weight is 605 g/mol. The molecule has 0 spiro atoms. The van der Waals surface area contributed by atoms with Crippen LogP contribution in [0.5, 0.6) is 6.01 Å². The lowest BCUT2D eigenvalue weighted by molar-refractivity contribution is -0.132. The monoisotopic (exact) mass is 604 g/mol. The average Bonchev–Trinajstić information content (AvgIpc) is 3.67. The van der Waals surface area contributed by atoms with Crippen LogP contribution in [0, 0.1) is 0 Å². The van der Waals surface area contributed by atoms with E-state index in [-0.39, 0.29) is 11.9 Å². The quantitative estimate of drug-likeness (QED) is 0.382. The molecule has 6 rings (SSSR count). The summed E-state index contributed by atoms with van der Waals surface area (Å²) in [4.78, 5) is 41.8. The number of carboxylic acid groups (broad SMARTS) is 1. The van der Waals surface area contributed by atoms with Crippen LogP contribution in [0.3, 0.4) is 0 Å². The van der Waals surface area contributed by atoms with Gasteiger partial charge in [0.05, 0.1) is 17.3 Å². The van der Waals surface area contributed by atoms with Crippen molar-refractivity contribution in [2.24, 2.45) is 0 Å². The first-order chi connectivity index (χ1) is 20.8. The minimum absolute atomic E-state index is 0.0323. The first-order valence-corrected chi connectivity index (χ1v) is 15.2. The molecule has 4 heterocycles. The van der Waals surface area contributed by atoms with Crippen molar-refractivity contribution in [3.63, 3.8) is 0 Å². The maximum absolute atomic E-state index is 12.6. The number of hydrogen-bond acceptors (Lipinski definition) is 8. The highest BCUT2D eigenvalue weighted by molar-refractivity contribution is 6.36. The number of ether oxygens (including phenoxy) is 1. The van der Waals surface area contributed by atoms with Crippen molar-refractivity contribution in [1.82, 2.24) is 19.8 Å². The number of benzene rings is 2. The van der Waals surface area contributed by atoms with Crippen molar-refractivity contribution in [2.45, 2.75) is 44.3 Å². The van der Waals surface area contributed by atoms with E-state index < -0.39 is 5.97 Å². The molecule has 2 aromatic carbocycles. The number of anilines is 2. The van der Waals surface area contributed by atoms with E-state index in [9.17, 15) is 9.59 Å². The van der Waals surface area contributed by atoms with Gasteiger partial charge in [-0.3, -0.25) is 4.79 Å². The fourth-order valence-corrected chi connectivity index (χ4v) is 6.81. The van der Waals surface area contributed by atoms with Crippen LogP contribution in [0.15, 0.2) is 48.6 Å². The van der Waals surface area contributed by atoms with Gasteiger partial charge in [-0.25, -0.2) is 4.79 Å². The second-order valence-electron chi connectivity index (χ2n) is 11.6. The summed E-state index contributed by atoms with van der Waals surface area (Å²) in [6.45, 7) is 4.01. The van der Waals surface area contributed by atoms with E-state index in [2.05, 4.69) is 46.0 Å². The second-order valence-corrected chi connectivity index (χ2v) is 12.0. The maximum Gasteiger partial charge on any atom is 0.328 e. The fourth-order valence-electron chi connectivity index (χ4n) is 6.53. The van der Waals surface area contributed by atoms with Crippen LogP contribution in [0.4, 0.5) is 11.5 Å². The van der Waals surface area contributed by atoms with Crippen molar-refractivity contribution in [1.29, 1.82) is 0 Å². The van der Waals surface area contributed by atoms with Gasteiger partial charge < -0.3 is 29.4 Å². The van der Waals surface area contributed by atoms with Crippen LogP contribution in [0.25, 0.3) is 10.8 Å². The van der Waals surface area contributed by atoms with Gasteiger partial charge in [0, 0.05) is 67.6 Å². The molecule has 2 atom stereocenters. The SMILES string of the molecule is CN1CCCC1COc1nc2c(c(N(C)C3CCN(C(=O)/C=C/C(=O)O)C3)n1)CCN(c1cccc3cccc(Cl)c13)C2. The molecule has 0 radical (unpaired) electrons. The van der Waals surface area contributed by atoms with Crippen molar-refractivity contribution >= 4 is 45.8 Å². The minimum atomic E-state index is -1.13. The lowest BCUT2D eigenvalue weighted by atomic mass is 10.0. The summed E-state index contributed by atoms with van der Waals surface area (Å²) >= 11 is 6.69. The standard InChI is InChI=1S/C32H37ClN6O4/c1-36-15-5-8-23(36)20-43-32-34-26-19-38(27-10-4-7-21-6-3-9-25(33)30(21)27)17-14-24(26)31(35-32)37(2)22-13-16-39(18-22)28(40)11-12-29(41)42/h3-4,6-7,9-12,22-23H,5,8,13-20H2,1-2H3,(H,41,42)/b12-11+. The molecule has 10 nitrogen and oxygen atoms in total. The first kappa shape index (κ1) is 29.2. The van der Waals surface area contributed by atoms with Crippen LogP contribution in [-0.4, -0.2) is 95.7 Å². The Morgan fingerprint density at radius 3 is 2.70 bits per heavy atom. The van der Waals surface area contributed by atoms with Gasteiger partial charge in [0.15, 0.2) is 0 Å². The number of hydrogen-bond donors (Lipinski definition) is 1. The molecule has 11 heteroatoms. The van der Waals surface area contributed by atoms with E-state index >= 15 is 0 Å². The summed E-state index contributed by atoms with van der Waals surface area (Å²) in [5, 5.41) is 11.8. The highest BCUT2D eigenvalue weighted by Gasteiger charge is 2.33. The summed E-state index contributed by atoms with van der Waals surface area (Å²) in [5.41, 5.74) is 3.10. The molecule has 3 aliphatic heterocycles. The van der Waals surface area contributed by atoms with E-state index in [0.717, 1.165) is 89.5 Å². The number of aromatic nitrogens is 2. The lowest BCUT2D eigenvalue weighted by Crippen LogP contribution is -2.39. The van der Waals surface area contributed by atoms with Crippen LogP contribution in [0.1, 0.15) is 30.5 Å². The predicted molar refractivity (Wildman–Crippen MR) is 167 cm³/mol. The Morgan fingerprint density at radius 2 is 1.93 bits per heavy atom. The van der Waals surface area contributed by atoms with Crippen LogP contribution in [0.2, 0.25) is 5.02 Å². The number of carbonyl (C=O) groups is 2. The molecule has 0 aliphatic carbocycles. The second kappa shape index (κ2) is 12.4. The number of aliphatic carboxylic acids is 1. The van der Waals surface area contributed by atoms with E-state index in [1.165, 1.54) is 0 Å². The number of likely N-dealkylation sites (tertiary alicyclic amines) is 2. The van der Waals surface area contributed by atoms with E-state index in [1.54, 1.807) is 4.90 Å². The Kier molecular flexibility index (Phi) is 8.41. The molecule has 2 fully saturated rings. The Balaban J connectivity index is 1.29. The Labute approximate surface area is 256 Å². The van der Waals surface area contributed by atoms with E-state index in [4.69, 9.17) is 31.4 Å².